The molecule has 1 N–H and O–H groups in total. The summed E-state index contributed by atoms with van der Waals surface area (Å²) in [4.78, 5) is 28.6. The first-order chi connectivity index (χ1) is 18.2. The number of likely N-dealkylation sites (tertiary alicyclic amines) is 1. The lowest BCUT2D eigenvalue weighted by Crippen LogP contribution is -2.40. The van der Waals surface area contributed by atoms with Gasteiger partial charge in [0.1, 0.15) is 0 Å². The van der Waals surface area contributed by atoms with E-state index < -0.39 is 11.6 Å². The van der Waals surface area contributed by atoms with Crippen molar-refractivity contribution >= 4 is 11.8 Å². The SMILES string of the molecule is CC1=C(C(=O)NCCCN2CCC(c3ccccc3C#N)CC2)[C@@H](C)CC(=O)N1C.Fc1ccccc1F. The minimum absolute atomic E-state index is 0.0379. The third-order valence-corrected chi connectivity index (χ3v) is 7.35. The molecule has 2 aromatic rings. The van der Waals surface area contributed by atoms with Gasteiger partial charge in [-0.3, -0.25) is 9.59 Å². The van der Waals surface area contributed by atoms with Gasteiger partial charge in [0.15, 0.2) is 11.6 Å². The van der Waals surface area contributed by atoms with Crippen molar-refractivity contribution in [3.63, 3.8) is 0 Å². The molecule has 1 atom stereocenters. The molecule has 0 aliphatic carbocycles. The van der Waals surface area contributed by atoms with Crippen LogP contribution in [0.15, 0.2) is 59.8 Å². The summed E-state index contributed by atoms with van der Waals surface area (Å²) in [6, 6.07) is 15.3. The Labute approximate surface area is 223 Å². The predicted molar refractivity (Wildman–Crippen MR) is 143 cm³/mol. The van der Waals surface area contributed by atoms with Crippen molar-refractivity contribution in [1.29, 1.82) is 5.26 Å². The number of piperidine rings is 1. The Bertz CT molecular complexity index is 1180. The molecule has 6 nitrogen and oxygen atoms in total. The zero-order chi connectivity index (χ0) is 27.7. The Morgan fingerprint density at radius 1 is 1.08 bits per heavy atom. The standard InChI is InChI=1S/C24H32N4O2.C6H4F2/c1-17-15-22(29)27(3)18(2)23(17)24(30)26-11-6-12-28-13-9-19(10-14-28)21-8-5-4-7-20(21)16-25;7-5-3-1-2-4-6(5)8/h4-5,7-8,17,19H,6,9-15H2,1-3H3,(H,26,30);1-4H/t17-;/m0./s1. The van der Waals surface area contributed by atoms with Gasteiger partial charge in [0.25, 0.3) is 0 Å². The summed E-state index contributed by atoms with van der Waals surface area (Å²) in [6.45, 7) is 7.42. The molecule has 2 heterocycles. The first-order valence-electron chi connectivity index (χ1n) is 13.1. The van der Waals surface area contributed by atoms with Crippen LogP contribution in [0.5, 0.6) is 0 Å². The molecule has 2 aromatic carbocycles. The van der Waals surface area contributed by atoms with Gasteiger partial charge in [-0.15, -0.1) is 0 Å². The van der Waals surface area contributed by atoms with Crippen molar-refractivity contribution in [2.75, 3.05) is 33.2 Å². The van der Waals surface area contributed by atoms with Crippen LogP contribution in [-0.4, -0.2) is 54.8 Å². The topological polar surface area (TPSA) is 76.4 Å². The largest absolute Gasteiger partial charge is 0.352 e. The second-order valence-electron chi connectivity index (χ2n) is 9.90. The van der Waals surface area contributed by atoms with Crippen molar-refractivity contribution in [3.8, 4) is 6.07 Å². The number of nitrogens with zero attached hydrogens (tertiary/aromatic N) is 3. The second kappa shape index (κ2) is 13.8. The Morgan fingerprint density at radius 2 is 1.68 bits per heavy atom. The van der Waals surface area contributed by atoms with E-state index in [4.69, 9.17) is 0 Å². The lowest BCUT2D eigenvalue weighted by Gasteiger charge is -2.32. The molecule has 2 amide bonds. The number of hydrogen-bond donors (Lipinski definition) is 1. The molecule has 8 heteroatoms. The monoisotopic (exact) mass is 522 g/mol. The molecule has 2 aliphatic rings. The van der Waals surface area contributed by atoms with Gasteiger partial charge in [-0.25, -0.2) is 8.78 Å². The summed E-state index contributed by atoms with van der Waals surface area (Å²) in [5.74, 6) is -1.16. The molecule has 2 aliphatic heterocycles. The maximum absolute atomic E-state index is 12.6. The third-order valence-electron chi connectivity index (χ3n) is 7.35. The van der Waals surface area contributed by atoms with Crippen LogP contribution in [0.2, 0.25) is 0 Å². The molecule has 202 valence electrons. The summed E-state index contributed by atoms with van der Waals surface area (Å²) >= 11 is 0. The van der Waals surface area contributed by atoms with E-state index in [-0.39, 0.29) is 17.7 Å². The van der Waals surface area contributed by atoms with Crippen molar-refractivity contribution < 1.29 is 18.4 Å². The summed E-state index contributed by atoms with van der Waals surface area (Å²) in [5.41, 5.74) is 3.47. The number of benzene rings is 2. The van der Waals surface area contributed by atoms with Crippen LogP contribution < -0.4 is 5.32 Å². The molecule has 0 spiro atoms. The van der Waals surface area contributed by atoms with Gasteiger partial charge in [0, 0.05) is 31.3 Å². The van der Waals surface area contributed by atoms with Crippen LogP contribution >= 0.6 is 0 Å². The van der Waals surface area contributed by atoms with Gasteiger partial charge >= 0.3 is 0 Å². The van der Waals surface area contributed by atoms with E-state index >= 15 is 0 Å². The number of amides is 2. The molecule has 0 bridgehead atoms. The summed E-state index contributed by atoms with van der Waals surface area (Å²) in [5, 5.41) is 12.4. The minimum Gasteiger partial charge on any atom is -0.352 e. The maximum atomic E-state index is 12.6. The van der Waals surface area contributed by atoms with Crippen LogP contribution in [0.3, 0.4) is 0 Å². The van der Waals surface area contributed by atoms with Crippen LogP contribution in [0.1, 0.15) is 56.6 Å². The average molecular weight is 523 g/mol. The van der Waals surface area contributed by atoms with E-state index in [9.17, 15) is 23.6 Å². The van der Waals surface area contributed by atoms with Gasteiger partial charge in [0.2, 0.25) is 11.8 Å². The van der Waals surface area contributed by atoms with E-state index in [1.165, 1.54) is 17.7 Å². The lowest BCUT2D eigenvalue weighted by atomic mass is 9.87. The van der Waals surface area contributed by atoms with Crippen LogP contribution in [-0.2, 0) is 9.59 Å². The molecule has 1 fully saturated rings. The van der Waals surface area contributed by atoms with Crippen molar-refractivity contribution in [2.45, 2.75) is 45.4 Å². The Hall–Kier alpha value is -3.57. The van der Waals surface area contributed by atoms with Gasteiger partial charge in [-0.1, -0.05) is 37.3 Å². The number of carbonyl (C=O) groups excluding carboxylic acids is 2. The zero-order valence-electron chi connectivity index (χ0n) is 22.3. The highest BCUT2D eigenvalue weighted by Gasteiger charge is 2.30. The summed E-state index contributed by atoms with van der Waals surface area (Å²) in [6.07, 6.45) is 3.42. The van der Waals surface area contributed by atoms with Crippen molar-refractivity contribution in [2.24, 2.45) is 5.92 Å². The number of nitriles is 1. The lowest BCUT2D eigenvalue weighted by molar-refractivity contribution is -0.130. The number of allylic oxidation sites excluding steroid dienone is 1. The Balaban J connectivity index is 0.000000427. The quantitative estimate of drug-likeness (QED) is 0.543. The normalized spacial score (nSPS) is 18.5. The van der Waals surface area contributed by atoms with Gasteiger partial charge in [-0.2, -0.15) is 5.26 Å². The number of carbonyl (C=O) groups is 2. The zero-order valence-corrected chi connectivity index (χ0v) is 22.3. The van der Waals surface area contributed by atoms with Gasteiger partial charge in [-0.05, 0) is 81.4 Å². The van der Waals surface area contributed by atoms with Crippen LogP contribution in [0, 0.1) is 28.9 Å². The molecule has 38 heavy (non-hydrogen) atoms. The molecule has 1 saturated heterocycles. The average Bonchev–Trinajstić information content (AvgIpc) is 2.92. The highest BCUT2D eigenvalue weighted by Crippen LogP contribution is 2.30. The van der Waals surface area contributed by atoms with Crippen molar-refractivity contribution in [1.82, 2.24) is 15.1 Å². The molecular formula is C30H36F2N4O2. The second-order valence-corrected chi connectivity index (χ2v) is 9.90. The maximum Gasteiger partial charge on any atom is 0.249 e. The van der Waals surface area contributed by atoms with Crippen LogP contribution in [0.25, 0.3) is 0 Å². The Kier molecular flexibility index (Phi) is 10.5. The number of nitrogens with one attached hydrogen (secondary N) is 1. The van der Waals surface area contributed by atoms with Crippen LogP contribution in [0.4, 0.5) is 8.78 Å². The molecule has 0 unspecified atom stereocenters. The fraction of sp³-hybridized carbons (Fsp3) is 0.433. The smallest absolute Gasteiger partial charge is 0.249 e. The van der Waals surface area contributed by atoms with E-state index in [1.54, 1.807) is 11.9 Å². The van der Waals surface area contributed by atoms with E-state index in [1.807, 2.05) is 32.0 Å². The highest BCUT2D eigenvalue weighted by molar-refractivity contribution is 5.97. The number of rotatable bonds is 6. The molecule has 0 aromatic heterocycles. The highest BCUT2D eigenvalue weighted by atomic mass is 19.2. The molecular weight excluding hydrogens is 486 g/mol. The summed E-state index contributed by atoms with van der Waals surface area (Å²) in [7, 11) is 1.73. The van der Waals surface area contributed by atoms with Gasteiger partial charge in [0.05, 0.1) is 11.6 Å². The molecule has 0 radical (unpaired) electrons. The molecule has 4 rings (SSSR count). The fourth-order valence-corrected chi connectivity index (χ4v) is 5.07. The Morgan fingerprint density at radius 3 is 2.29 bits per heavy atom. The minimum atomic E-state index is -0.799. The third kappa shape index (κ3) is 7.48. The predicted octanol–water partition coefficient (Wildman–Crippen LogP) is 4.98. The van der Waals surface area contributed by atoms with E-state index in [2.05, 4.69) is 22.4 Å². The first kappa shape index (κ1) is 29.0. The first-order valence-corrected chi connectivity index (χ1v) is 13.1. The number of halogens is 2. The van der Waals surface area contributed by atoms with E-state index in [0.29, 0.717) is 18.9 Å². The van der Waals surface area contributed by atoms with E-state index in [0.717, 1.165) is 67.9 Å². The van der Waals surface area contributed by atoms with Gasteiger partial charge < -0.3 is 15.1 Å². The molecule has 0 saturated carbocycles. The van der Waals surface area contributed by atoms with Crippen molar-refractivity contribution in [3.05, 3.63) is 82.6 Å². The number of hydrogen-bond acceptors (Lipinski definition) is 4. The summed E-state index contributed by atoms with van der Waals surface area (Å²) < 4.78 is 23.9. The fourth-order valence-electron chi connectivity index (χ4n) is 5.07.